The van der Waals surface area contributed by atoms with Gasteiger partial charge in [0.1, 0.15) is 12.4 Å². The van der Waals surface area contributed by atoms with Crippen LogP contribution in [-0.4, -0.2) is 46.8 Å². The number of aromatic nitrogens is 2. The van der Waals surface area contributed by atoms with Crippen molar-refractivity contribution >= 4 is 5.91 Å². The monoisotopic (exact) mass is 397 g/mol. The summed E-state index contributed by atoms with van der Waals surface area (Å²) in [5.74, 6) is -1.10. The van der Waals surface area contributed by atoms with Crippen molar-refractivity contribution < 1.29 is 32.0 Å². The SMILES string of the molecule is CC1COc2cc(-c3noc(C(F)(F)F)n3)ccc2CN1C(=O)C1(C)COC1. The van der Waals surface area contributed by atoms with E-state index in [9.17, 15) is 18.0 Å². The fraction of sp³-hybridized carbons (Fsp3) is 0.500. The third-order valence-corrected chi connectivity index (χ3v) is 4.97. The van der Waals surface area contributed by atoms with Crippen LogP contribution >= 0.6 is 0 Å². The zero-order valence-corrected chi connectivity index (χ0v) is 15.2. The van der Waals surface area contributed by atoms with Crippen LogP contribution in [0.4, 0.5) is 13.2 Å². The van der Waals surface area contributed by atoms with Crippen molar-refractivity contribution in [1.82, 2.24) is 15.0 Å². The van der Waals surface area contributed by atoms with Gasteiger partial charge in [-0.2, -0.15) is 18.2 Å². The number of hydrogen-bond donors (Lipinski definition) is 0. The molecule has 1 saturated heterocycles. The number of carbonyl (C=O) groups is 1. The second-order valence-electron chi connectivity index (χ2n) is 7.39. The summed E-state index contributed by atoms with van der Waals surface area (Å²) in [6, 6.07) is 4.68. The number of carbonyl (C=O) groups excluding carboxylic acids is 1. The molecule has 1 amide bonds. The van der Waals surface area contributed by atoms with Crippen molar-refractivity contribution in [3.8, 4) is 17.1 Å². The summed E-state index contributed by atoms with van der Waals surface area (Å²) in [7, 11) is 0. The van der Waals surface area contributed by atoms with Crippen molar-refractivity contribution in [2.24, 2.45) is 5.41 Å². The van der Waals surface area contributed by atoms with E-state index in [0.717, 1.165) is 5.56 Å². The normalized spacial score (nSPS) is 21.3. The molecule has 2 aliphatic rings. The molecule has 4 rings (SSSR count). The molecule has 0 spiro atoms. The van der Waals surface area contributed by atoms with Crippen LogP contribution in [0.15, 0.2) is 22.7 Å². The van der Waals surface area contributed by atoms with Crippen LogP contribution in [0.25, 0.3) is 11.4 Å². The molecule has 150 valence electrons. The highest BCUT2D eigenvalue weighted by atomic mass is 19.4. The van der Waals surface area contributed by atoms with Crippen LogP contribution in [0.5, 0.6) is 5.75 Å². The molecule has 0 saturated carbocycles. The molecular formula is C18H18F3N3O4. The van der Waals surface area contributed by atoms with Gasteiger partial charge >= 0.3 is 12.1 Å². The molecule has 2 aliphatic heterocycles. The first kappa shape index (κ1) is 18.7. The zero-order chi connectivity index (χ0) is 20.1. The molecule has 10 heteroatoms. The summed E-state index contributed by atoms with van der Waals surface area (Å²) >= 11 is 0. The van der Waals surface area contributed by atoms with Gasteiger partial charge < -0.3 is 18.9 Å². The van der Waals surface area contributed by atoms with E-state index in [1.807, 2.05) is 13.8 Å². The Morgan fingerprint density at radius 2 is 2.07 bits per heavy atom. The number of alkyl halides is 3. The fourth-order valence-corrected chi connectivity index (χ4v) is 3.20. The number of halogens is 3. The average molecular weight is 397 g/mol. The number of rotatable bonds is 2. The number of benzene rings is 1. The van der Waals surface area contributed by atoms with Gasteiger partial charge in [-0.1, -0.05) is 17.3 Å². The van der Waals surface area contributed by atoms with E-state index >= 15 is 0 Å². The largest absolute Gasteiger partial charge is 0.491 e. The maximum Gasteiger partial charge on any atom is 0.471 e. The minimum absolute atomic E-state index is 0.000219. The Labute approximate surface area is 158 Å². The van der Waals surface area contributed by atoms with Crippen molar-refractivity contribution in [3.63, 3.8) is 0 Å². The Kier molecular flexibility index (Phi) is 4.33. The van der Waals surface area contributed by atoms with Gasteiger partial charge in [-0.25, -0.2) is 0 Å². The molecule has 1 atom stereocenters. The second-order valence-corrected chi connectivity index (χ2v) is 7.39. The molecule has 3 heterocycles. The molecule has 0 N–H and O–H groups in total. The average Bonchev–Trinajstić information content (AvgIpc) is 3.06. The molecule has 1 aromatic carbocycles. The molecule has 1 aromatic heterocycles. The van der Waals surface area contributed by atoms with E-state index < -0.39 is 17.5 Å². The van der Waals surface area contributed by atoms with Gasteiger partial charge in [0.2, 0.25) is 11.7 Å². The summed E-state index contributed by atoms with van der Waals surface area (Å²) in [6.07, 6.45) is -4.70. The lowest BCUT2D eigenvalue weighted by molar-refractivity contribution is -0.171. The van der Waals surface area contributed by atoms with Crippen LogP contribution in [0.1, 0.15) is 25.3 Å². The quantitative estimate of drug-likeness (QED) is 0.776. The van der Waals surface area contributed by atoms with Crippen LogP contribution in [0.3, 0.4) is 0 Å². The lowest BCUT2D eigenvalue weighted by Crippen LogP contribution is -2.55. The van der Waals surface area contributed by atoms with Crippen molar-refractivity contribution in [1.29, 1.82) is 0 Å². The lowest BCUT2D eigenvalue weighted by Gasteiger charge is -2.41. The van der Waals surface area contributed by atoms with Crippen LogP contribution in [0.2, 0.25) is 0 Å². The summed E-state index contributed by atoms with van der Waals surface area (Å²) in [4.78, 5) is 18.1. The third kappa shape index (κ3) is 3.21. The molecule has 28 heavy (non-hydrogen) atoms. The van der Waals surface area contributed by atoms with Crippen LogP contribution in [0, 0.1) is 5.41 Å². The first-order chi connectivity index (χ1) is 13.2. The Balaban J connectivity index is 1.60. The molecule has 2 aromatic rings. The Hall–Kier alpha value is -2.62. The predicted octanol–water partition coefficient (Wildman–Crippen LogP) is 2.90. The predicted molar refractivity (Wildman–Crippen MR) is 89.2 cm³/mol. The number of hydrogen-bond acceptors (Lipinski definition) is 6. The second kappa shape index (κ2) is 6.47. The van der Waals surface area contributed by atoms with E-state index in [4.69, 9.17) is 9.47 Å². The zero-order valence-electron chi connectivity index (χ0n) is 15.2. The maximum absolute atomic E-state index is 12.9. The molecule has 1 fully saturated rings. The van der Waals surface area contributed by atoms with Crippen LogP contribution < -0.4 is 4.74 Å². The summed E-state index contributed by atoms with van der Waals surface area (Å²) < 4.78 is 53.3. The van der Waals surface area contributed by atoms with Gasteiger partial charge in [0.05, 0.1) is 24.7 Å². The molecule has 0 bridgehead atoms. The van der Waals surface area contributed by atoms with E-state index in [-0.39, 0.29) is 24.4 Å². The molecule has 0 aliphatic carbocycles. The fourth-order valence-electron chi connectivity index (χ4n) is 3.20. The highest BCUT2D eigenvalue weighted by Gasteiger charge is 2.45. The van der Waals surface area contributed by atoms with Gasteiger partial charge in [-0.15, -0.1) is 0 Å². The third-order valence-electron chi connectivity index (χ3n) is 4.97. The Morgan fingerprint density at radius 1 is 1.32 bits per heavy atom. The number of fused-ring (bicyclic) bond motifs is 1. The van der Waals surface area contributed by atoms with Crippen molar-refractivity contribution in [2.45, 2.75) is 32.6 Å². The molecule has 1 unspecified atom stereocenters. The van der Waals surface area contributed by atoms with Gasteiger partial charge in [0.25, 0.3) is 0 Å². The van der Waals surface area contributed by atoms with Gasteiger partial charge in [-0.05, 0) is 19.9 Å². The van der Waals surface area contributed by atoms with Crippen LogP contribution in [-0.2, 0) is 22.3 Å². The molecule has 0 radical (unpaired) electrons. The lowest BCUT2D eigenvalue weighted by atomic mass is 9.86. The topological polar surface area (TPSA) is 77.7 Å². The van der Waals surface area contributed by atoms with E-state index in [1.54, 1.807) is 23.1 Å². The summed E-state index contributed by atoms with van der Waals surface area (Å²) in [6.45, 7) is 5.14. The summed E-state index contributed by atoms with van der Waals surface area (Å²) in [5, 5.41) is 3.39. The van der Waals surface area contributed by atoms with Gasteiger partial charge in [0, 0.05) is 17.7 Å². The molecular weight excluding hydrogens is 379 g/mol. The number of amides is 1. The minimum Gasteiger partial charge on any atom is -0.491 e. The van der Waals surface area contributed by atoms with E-state index in [0.29, 0.717) is 31.1 Å². The van der Waals surface area contributed by atoms with Gasteiger partial charge in [0.15, 0.2) is 0 Å². The van der Waals surface area contributed by atoms with Gasteiger partial charge in [-0.3, -0.25) is 4.79 Å². The number of ether oxygens (including phenoxy) is 2. The highest BCUT2D eigenvalue weighted by molar-refractivity contribution is 5.84. The highest BCUT2D eigenvalue weighted by Crippen LogP contribution is 2.35. The maximum atomic E-state index is 12.9. The summed E-state index contributed by atoms with van der Waals surface area (Å²) in [5.41, 5.74) is 0.562. The number of nitrogens with zero attached hydrogens (tertiary/aromatic N) is 3. The Morgan fingerprint density at radius 3 is 2.68 bits per heavy atom. The first-order valence-electron chi connectivity index (χ1n) is 8.73. The molecule has 7 nitrogen and oxygen atoms in total. The Bertz CT molecular complexity index is 908. The standard InChI is InChI=1S/C18H18F3N3O4/c1-10-7-27-13-5-11(14-22-15(28-23-14)18(19,20)21)3-4-12(13)6-24(10)16(25)17(2)8-26-9-17/h3-5,10H,6-9H2,1-2H3. The van der Waals surface area contributed by atoms with E-state index in [2.05, 4.69) is 14.7 Å². The van der Waals surface area contributed by atoms with E-state index in [1.165, 1.54) is 0 Å². The smallest absolute Gasteiger partial charge is 0.471 e. The first-order valence-corrected chi connectivity index (χ1v) is 8.73. The van der Waals surface area contributed by atoms with Crippen molar-refractivity contribution in [3.05, 3.63) is 29.7 Å². The minimum atomic E-state index is -4.70. The van der Waals surface area contributed by atoms with Crippen molar-refractivity contribution in [2.75, 3.05) is 19.8 Å².